The van der Waals surface area contributed by atoms with Crippen molar-refractivity contribution >= 4 is 27.7 Å². The SMILES string of the molecule is C[C@@H](NC(=O)c1c(Br)cccc1C(F)(F)F)C(N)=O. The van der Waals surface area contributed by atoms with Crippen molar-refractivity contribution in [2.45, 2.75) is 19.1 Å². The summed E-state index contributed by atoms with van der Waals surface area (Å²) >= 11 is 2.89. The lowest BCUT2D eigenvalue weighted by molar-refractivity contribution is -0.138. The Hall–Kier alpha value is -1.57. The van der Waals surface area contributed by atoms with Gasteiger partial charge in [-0.2, -0.15) is 13.2 Å². The van der Waals surface area contributed by atoms with E-state index in [0.29, 0.717) is 0 Å². The Morgan fingerprint density at radius 1 is 1.37 bits per heavy atom. The van der Waals surface area contributed by atoms with Crippen molar-refractivity contribution in [2.24, 2.45) is 5.73 Å². The van der Waals surface area contributed by atoms with Gasteiger partial charge >= 0.3 is 6.18 Å². The summed E-state index contributed by atoms with van der Waals surface area (Å²) in [5.74, 6) is -1.86. The summed E-state index contributed by atoms with van der Waals surface area (Å²) in [6.45, 7) is 1.28. The molecule has 0 heterocycles. The Bertz CT molecular complexity index is 517. The first kappa shape index (κ1) is 15.5. The van der Waals surface area contributed by atoms with Crippen LogP contribution in [0.25, 0.3) is 0 Å². The monoisotopic (exact) mass is 338 g/mol. The molecule has 104 valence electrons. The molecule has 0 fully saturated rings. The van der Waals surface area contributed by atoms with E-state index in [2.05, 4.69) is 21.2 Å². The summed E-state index contributed by atoms with van der Waals surface area (Å²) in [6, 6.07) is 2.19. The van der Waals surface area contributed by atoms with Crippen LogP contribution in [0.1, 0.15) is 22.8 Å². The van der Waals surface area contributed by atoms with E-state index in [1.54, 1.807) is 0 Å². The highest BCUT2D eigenvalue weighted by atomic mass is 79.9. The van der Waals surface area contributed by atoms with E-state index in [-0.39, 0.29) is 4.47 Å². The van der Waals surface area contributed by atoms with Gasteiger partial charge in [-0.1, -0.05) is 6.07 Å². The zero-order valence-corrected chi connectivity index (χ0v) is 11.3. The zero-order chi connectivity index (χ0) is 14.8. The Balaban J connectivity index is 3.19. The Labute approximate surface area is 115 Å². The summed E-state index contributed by atoms with van der Waals surface area (Å²) in [5, 5.41) is 2.11. The minimum atomic E-state index is -4.67. The van der Waals surface area contributed by atoms with Crippen molar-refractivity contribution in [2.75, 3.05) is 0 Å². The van der Waals surface area contributed by atoms with Crippen molar-refractivity contribution in [1.82, 2.24) is 5.32 Å². The summed E-state index contributed by atoms with van der Waals surface area (Å²) in [7, 11) is 0. The molecule has 0 aliphatic rings. The quantitative estimate of drug-likeness (QED) is 0.885. The number of alkyl halides is 3. The molecule has 0 unspecified atom stereocenters. The van der Waals surface area contributed by atoms with Gasteiger partial charge in [0.1, 0.15) is 6.04 Å². The molecule has 0 bridgehead atoms. The maximum absolute atomic E-state index is 12.8. The van der Waals surface area contributed by atoms with Crippen LogP contribution in [0.4, 0.5) is 13.2 Å². The summed E-state index contributed by atoms with van der Waals surface area (Å²) < 4.78 is 38.4. The molecule has 0 saturated heterocycles. The molecule has 1 aromatic carbocycles. The van der Waals surface area contributed by atoms with E-state index in [4.69, 9.17) is 5.73 Å². The first-order chi connectivity index (χ1) is 8.64. The van der Waals surface area contributed by atoms with E-state index >= 15 is 0 Å². The molecule has 1 rings (SSSR count). The second-order valence-corrected chi connectivity index (χ2v) is 4.61. The van der Waals surface area contributed by atoms with Crippen LogP contribution in [0.3, 0.4) is 0 Å². The number of carbonyl (C=O) groups is 2. The second-order valence-electron chi connectivity index (χ2n) is 3.76. The third kappa shape index (κ3) is 3.69. The van der Waals surface area contributed by atoms with Crippen LogP contribution < -0.4 is 11.1 Å². The van der Waals surface area contributed by atoms with Gasteiger partial charge in [0.05, 0.1) is 11.1 Å². The highest BCUT2D eigenvalue weighted by molar-refractivity contribution is 9.10. The molecule has 0 aromatic heterocycles. The molecule has 3 N–H and O–H groups in total. The minimum absolute atomic E-state index is 0.0171. The number of nitrogens with two attached hydrogens (primary N) is 1. The van der Waals surface area contributed by atoms with Gasteiger partial charge in [0.2, 0.25) is 5.91 Å². The fourth-order valence-electron chi connectivity index (χ4n) is 1.33. The molecule has 2 amide bonds. The first-order valence-corrected chi connectivity index (χ1v) is 5.89. The standard InChI is InChI=1S/C11H10BrF3N2O2/c1-5(9(16)18)17-10(19)8-6(11(13,14)15)3-2-4-7(8)12/h2-5H,1H3,(H2,16,18)(H,17,19)/t5-/m1/s1. The molecular formula is C11H10BrF3N2O2. The number of amides is 2. The molecule has 8 heteroatoms. The molecule has 0 aliphatic carbocycles. The van der Waals surface area contributed by atoms with Crippen LogP contribution in [-0.4, -0.2) is 17.9 Å². The fraction of sp³-hybridized carbons (Fsp3) is 0.273. The average Bonchev–Trinajstić information content (AvgIpc) is 2.26. The molecule has 1 atom stereocenters. The number of rotatable bonds is 3. The fourth-order valence-corrected chi connectivity index (χ4v) is 1.88. The zero-order valence-electron chi connectivity index (χ0n) is 9.72. The van der Waals surface area contributed by atoms with Gasteiger partial charge in [-0.05, 0) is 35.0 Å². The van der Waals surface area contributed by atoms with E-state index in [9.17, 15) is 22.8 Å². The lowest BCUT2D eigenvalue weighted by atomic mass is 10.1. The Kier molecular flexibility index (Phi) is 4.56. The van der Waals surface area contributed by atoms with Gasteiger partial charge in [0.15, 0.2) is 0 Å². The Morgan fingerprint density at radius 2 is 1.95 bits per heavy atom. The van der Waals surface area contributed by atoms with Crippen molar-refractivity contribution in [3.8, 4) is 0 Å². The summed E-state index contributed by atoms with van der Waals surface area (Å²) in [6.07, 6.45) is -4.67. The molecule has 19 heavy (non-hydrogen) atoms. The van der Waals surface area contributed by atoms with Crippen molar-refractivity contribution in [1.29, 1.82) is 0 Å². The lowest BCUT2D eigenvalue weighted by Gasteiger charge is -2.16. The van der Waals surface area contributed by atoms with Crippen molar-refractivity contribution < 1.29 is 22.8 Å². The van der Waals surface area contributed by atoms with Crippen LogP contribution in [0.5, 0.6) is 0 Å². The highest BCUT2D eigenvalue weighted by Crippen LogP contribution is 2.35. The van der Waals surface area contributed by atoms with Crippen LogP contribution in [-0.2, 0) is 11.0 Å². The third-order valence-corrected chi connectivity index (χ3v) is 2.98. The number of carbonyl (C=O) groups excluding carboxylic acids is 2. The predicted molar refractivity (Wildman–Crippen MR) is 65.3 cm³/mol. The van der Waals surface area contributed by atoms with Crippen LogP contribution in [0.2, 0.25) is 0 Å². The highest BCUT2D eigenvalue weighted by Gasteiger charge is 2.36. The molecule has 0 saturated carbocycles. The molecule has 1 aromatic rings. The number of primary amides is 1. The number of hydrogen-bond acceptors (Lipinski definition) is 2. The largest absolute Gasteiger partial charge is 0.417 e. The average molecular weight is 339 g/mol. The first-order valence-electron chi connectivity index (χ1n) is 5.10. The molecular weight excluding hydrogens is 329 g/mol. The van der Waals surface area contributed by atoms with Crippen molar-refractivity contribution in [3.05, 3.63) is 33.8 Å². The maximum Gasteiger partial charge on any atom is 0.417 e. The van der Waals surface area contributed by atoms with E-state index in [0.717, 1.165) is 6.07 Å². The van der Waals surface area contributed by atoms with Gasteiger partial charge in [-0.25, -0.2) is 0 Å². The van der Waals surface area contributed by atoms with Gasteiger partial charge in [0, 0.05) is 4.47 Å². The number of nitrogens with one attached hydrogen (secondary N) is 1. The van der Waals surface area contributed by atoms with Gasteiger partial charge in [-0.15, -0.1) is 0 Å². The van der Waals surface area contributed by atoms with Crippen molar-refractivity contribution in [3.63, 3.8) is 0 Å². The lowest BCUT2D eigenvalue weighted by Crippen LogP contribution is -2.42. The molecule has 0 spiro atoms. The van der Waals surface area contributed by atoms with Gasteiger partial charge in [0.25, 0.3) is 5.91 Å². The van der Waals surface area contributed by atoms with Crippen LogP contribution >= 0.6 is 15.9 Å². The third-order valence-electron chi connectivity index (χ3n) is 2.32. The van der Waals surface area contributed by atoms with Crippen LogP contribution in [0.15, 0.2) is 22.7 Å². The minimum Gasteiger partial charge on any atom is -0.368 e. The summed E-state index contributed by atoms with van der Waals surface area (Å²) in [5.41, 5.74) is 3.27. The number of hydrogen-bond donors (Lipinski definition) is 2. The van der Waals surface area contributed by atoms with Crippen LogP contribution in [0, 0.1) is 0 Å². The van der Waals surface area contributed by atoms with Gasteiger partial charge in [-0.3, -0.25) is 9.59 Å². The maximum atomic E-state index is 12.8. The Morgan fingerprint density at radius 3 is 2.42 bits per heavy atom. The predicted octanol–water partition coefficient (Wildman–Crippen LogP) is 2.07. The number of benzene rings is 1. The normalized spacial score (nSPS) is 12.9. The smallest absolute Gasteiger partial charge is 0.368 e. The topological polar surface area (TPSA) is 72.2 Å². The van der Waals surface area contributed by atoms with E-state index < -0.39 is 35.2 Å². The molecule has 0 aliphatic heterocycles. The second kappa shape index (κ2) is 5.60. The number of halogens is 4. The van der Waals surface area contributed by atoms with E-state index in [1.807, 2.05) is 0 Å². The van der Waals surface area contributed by atoms with E-state index in [1.165, 1.54) is 19.1 Å². The molecule has 4 nitrogen and oxygen atoms in total. The van der Waals surface area contributed by atoms with Gasteiger partial charge < -0.3 is 11.1 Å². The molecule has 0 radical (unpaired) electrons. The summed E-state index contributed by atoms with van der Waals surface area (Å²) in [4.78, 5) is 22.6.